The van der Waals surface area contributed by atoms with Crippen LogP contribution in [0.1, 0.15) is 31.7 Å². The molecule has 1 aromatic heterocycles. The number of carbonyl (C=O) groups excluding carboxylic acids is 1. The smallest absolute Gasteiger partial charge is 0.225 e. The lowest BCUT2D eigenvalue weighted by Crippen LogP contribution is -2.16. The first-order chi connectivity index (χ1) is 10.2. The average Bonchev–Trinajstić information content (AvgIpc) is 2.91. The Hall–Kier alpha value is -2.17. The minimum Gasteiger partial charge on any atom is -0.311 e. The van der Waals surface area contributed by atoms with Crippen LogP contribution in [-0.4, -0.2) is 15.7 Å². The number of carbonyl (C=O) groups is 1. The van der Waals surface area contributed by atoms with Gasteiger partial charge >= 0.3 is 0 Å². The van der Waals surface area contributed by atoms with Crippen molar-refractivity contribution < 1.29 is 9.18 Å². The maximum Gasteiger partial charge on any atom is 0.225 e. The molecule has 0 radical (unpaired) electrons. The van der Waals surface area contributed by atoms with Gasteiger partial charge in [0, 0.05) is 19.0 Å². The van der Waals surface area contributed by atoms with Crippen LogP contribution >= 0.6 is 0 Å². The number of anilines is 1. The third-order valence-electron chi connectivity index (χ3n) is 3.29. The second-order valence-corrected chi connectivity index (χ2v) is 4.93. The normalized spacial score (nSPS) is 10.6. The second-order valence-electron chi connectivity index (χ2n) is 4.93. The fourth-order valence-corrected chi connectivity index (χ4v) is 2.08. The van der Waals surface area contributed by atoms with Gasteiger partial charge < -0.3 is 5.32 Å². The molecular weight excluding hydrogens is 269 g/mol. The number of halogens is 1. The van der Waals surface area contributed by atoms with E-state index in [4.69, 9.17) is 0 Å². The summed E-state index contributed by atoms with van der Waals surface area (Å²) in [6.07, 6.45) is 4.39. The number of hydrogen-bond donors (Lipinski definition) is 1. The Morgan fingerprint density at radius 1 is 1.33 bits per heavy atom. The molecule has 0 fully saturated rings. The summed E-state index contributed by atoms with van der Waals surface area (Å²) < 4.78 is 15.3. The van der Waals surface area contributed by atoms with Crippen LogP contribution in [-0.2, 0) is 17.8 Å². The molecule has 1 N–H and O–H groups in total. The number of rotatable bonds is 7. The fourth-order valence-electron chi connectivity index (χ4n) is 2.08. The first-order valence-corrected chi connectivity index (χ1v) is 7.25. The topological polar surface area (TPSA) is 46.9 Å². The summed E-state index contributed by atoms with van der Waals surface area (Å²) in [5, 5.41) is 7.01. The van der Waals surface area contributed by atoms with Crippen molar-refractivity contribution in [2.24, 2.45) is 0 Å². The lowest BCUT2D eigenvalue weighted by molar-refractivity contribution is -0.116. The predicted octanol–water partition coefficient (Wildman–Crippen LogP) is 3.39. The zero-order valence-corrected chi connectivity index (χ0v) is 12.2. The Kier molecular flexibility index (Phi) is 5.49. The highest BCUT2D eigenvalue weighted by atomic mass is 19.1. The van der Waals surface area contributed by atoms with Gasteiger partial charge in [-0.2, -0.15) is 5.10 Å². The molecule has 1 amide bonds. The highest BCUT2D eigenvalue weighted by Crippen LogP contribution is 2.11. The van der Waals surface area contributed by atoms with Gasteiger partial charge in [-0.15, -0.1) is 0 Å². The highest BCUT2D eigenvalue weighted by Gasteiger charge is 2.09. The second kappa shape index (κ2) is 7.57. The number of hydrogen-bond acceptors (Lipinski definition) is 2. The third-order valence-corrected chi connectivity index (χ3v) is 3.29. The van der Waals surface area contributed by atoms with E-state index in [1.807, 2.05) is 0 Å². The molecule has 0 bridgehead atoms. The molecule has 0 aliphatic heterocycles. The molecule has 5 heteroatoms. The molecule has 21 heavy (non-hydrogen) atoms. The standard InChI is InChI=1S/C16H20FN3O/c1-2-3-12-20-15(10-11-18-20)19-16(21)9-8-13-6-4-5-7-14(13)17/h4-7,10-11H,2-3,8-9,12H2,1H3,(H,19,21). The molecule has 0 unspecified atom stereocenters. The van der Waals surface area contributed by atoms with Crippen molar-refractivity contribution in [2.45, 2.75) is 39.2 Å². The molecule has 0 aliphatic rings. The summed E-state index contributed by atoms with van der Waals surface area (Å²) in [6, 6.07) is 8.30. The van der Waals surface area contributed by atoms with Gasteiger partial charge in [-0.3, -0.25) is 4.79 Å². The van der Waals surface area contributed by atoms with E-state index in [1.165, 1.54) is 6.07 Å². The van der Waals surface area contributed by atoms with Gasteiger partial charge in [0.1, 0.15) is 11.6 Å². The molecule has 0 saturated heterocycles. The van der Waals surface area contributed by atoms with E-state index in [9.17, 15) is 9.18 Å². The monoisotopic (exact) mass is 289 g/mol. The summed E-state index contributed by atoms with van der Waals surface area (Å²) in [5.74, 6) is 0.303. The molecule has 2 aromatic rings. The van der Waals surface area contributed by atoms with Crippen LogP contribution in [0.3, 0.4) is 0 Å². The number of benzene rings is 1. The van der Waals surface area contributed by atoms with E-state index in [0.29, 0.717) is 17.8 Å². The van der Waals surface area contributed by atoms with E-state index < -0.39 is 0 Å². The molecular formula is C16H20FN3O. The van der Waals surface area contributed by atoms with E-state index in [2.05, 4.69) is 17.3 Å². The summed E-state index contributed by atoms with van der Waals surface area (Å²) >= 11 is 0. The lowest BCUT2D eigenvalue weighted by atomic mass is 10.1. The Labute approximate surface area is 124 Å². The van der Waals surface area contributed by atoms with E-state index in [-0.39, 0.29) is 18.1 Å². The molecule has 0 aliphatic carbocycles. The molecule has 1 aromatic carbocycles. The summed E-state index contributed by atoms with van der Waals surface area (Å²) in [5.41, 5.74) is 0.562. The van der Waals surface area contributed by atoms with Crippen molar-refractivity contribution in [2.75, 3.05) is 5.32 Å². The van der Waals surface area contributed by atoms with Crippen LogP contribution in [0.25, 0.3) is 0 Å². The molecule has 4 nitrogen and oxygen atoms in total. The summed E-state index contributed by atoms with van der Waals surface area (Å²) in [4.78, 5) is 11.9. The number of aryl methyl sites for hydroxylation is 2. The van der Waals surface area contributed by atoms with E-state index >= 15 is 0 Å². The molecule has 112 valence electrons. The van der Waals surface area contributed by atoms with Gasteiger partial charge in [-0.1, -0.05) is 31.5 Å². The molecule has 0 saturated carbocycles. The Balaban J connectivity index is 1.87. The van der Waals surface area contributed by atoms with Crippen LogP contribution in [0.5, 0.6) is 0 Å². The first kappa shape index (κ1) is 15.2. The third kappa shape index (κ3) is 4.41. The Bertz CT molecular complexity index is 595. The van der Waals surface area contributed by atoms with E-state index in [0.717, 1.165) is 19.4 Å². The van der Waals surface area contributed by atoms with Gasteiger partial charge in [-0.25, -0.2) is 9.07 Å². The summed E-state index contributed by atoms with van der Waals surface area (Å²) in [6.45, 7) is 2.89. The quantitative estimate of drug-likeness (QED) is 0.849. The zero-order valence-electron chi connectivity index (χ0n) is 12.2. The minimum atomic E-state index is -0.265. The highest BCUT2D eigenvalue weighted by molar-refractivity contribution is 5.89. The van der Waals surface area contributed by atoms with Crippen LogP contribution < -0.4 is 5.32 Å². The number of amides is 1. The van der Waals surface area contributed by atoms with Gasteiger partial charge in [0.25, 0.3) is 0 Å². The maximum absolute atomic E-state index is 13.5. The van der Waals surface area contributed by atoms with Crippen molar-refractivity contribution in [3.05, 3.63) is 47.9 Å². The van der Waals surface area contributed by atoms with Crippen molar-refractivity contribution >= 4 is 11.7 Å². The van der Waals surface area contributed by atoms with Crippen LogP contribution in [0.15, 0.2) is 36.5 Å². The van der Waals surface area contributed by atoms with Gasteiger partial charge in [0.2, 0.25) is 5.91 Å². The van der Waals surface area contributed by atoms with Crippen molar-refractivity contribution in [3.8, 4) is 0 Å². The fraction of sp³-hybridized carbons (Fsp3) is 0.375. The van der Waals surface area contributed by atoms with Crippen molar-refractivity contribution in [1.82, 2.24) is 9.78 Å². The van der Waals surface area contributed by atoms with Gasteiger partial charge in [0.15, 0.2) is 0 Å². The van der Waals surface area contributed by atoms with Gasteiger partial charge in [0.05, 0.1) is 6.20 Å². The molecule has 2 rings (SSSR count). The minimum absolute atomic E-state index is 0.128. The number of nitrogens with zero attached hydrogens (tertiary/aromatic N) is 2. The van der Waals surface area contributed by atoms with Crippen molar-refractivity contribution in [3.63, 3.8) is 0 Å². The predicted molar refractivity (Wildman–Crippen MR) is 80.5 cm³/mol. The van der Waals surface area contributed by atoms with Crippen molar-refractivity contribution in [1.29, 1.82) is 0 Å². The molecule has 1 heterocycles. The maximum atomic E-state index is 13.5. The lowest BCUT2D eigenvalue weighted by Gasteiger charge is -2.08. The first-order valence-electron chi connectivity index (χ1n) is 7.25. The van der Waals surface area contributed by atoms with Crippen LogP contribution in [0.2, 0.25) is 0 Å². The van der Waals surface area contributed by atoms with Crippen LogP contribution in [0, 0.1) is 5.82 Å². The zero-order chi connectivity index (χ0) is 15.1. The Morgan fingerprint density at radius 2 is 2.14 bits per heavy atom. The molecule has 0 spiro atoms. The molecule has 0 atom stereocenters. The van der Waals surface area contributed by atoms with E-state index in [1.54, 1.807) is 35.1 Å². The Morgan fingerprint density at radius 3 is 2.90 bits per heavy atom. The SMILES string of the molecule is CCCCn1nccc1NC(=O)CCc1ccccc1F. The number of unbranched alkanes of at least 4 members (excludes halogenated alkanes) is 1. The summed E-state index contributed by atoms with van der Waals surface area (Å²) in [7, 11) is 0. The largest absolute Gasteiger partial charge is 0.311 e. The number of nitrogens with one attached hydrogen (secondary N) is 1. The number of aromatic nitrogens is 2. The van der Waals surface area contributed by atoms with Crippen LogP contribution in [0.4, 0.5) is 10.2 Å². The van der Waals surface area contributed by atoms with Gasteiger partial charge in [-0.05, 0) is 24.5 Å². The average molecular weight is 289 g/mol.